The molecule has 2 aromatic carbocycles. The van der Waals surface area contributed by atoms with Crippen LogP contribution >= 0.6 is 0 Å². The highest BCUT2D eigenvalue weighted by Crippen LogP contribution is 2.25. The van der Waals surface area contributed by atoms with Gasteiger partial charge in [-0.3, -0.25) is 14.5 Å². The highest BCUT2D eigenvalue weighted by molar-refractivity contribution is 6.01. The van der Waals surface area contributed by atoms with Gasteiger partial charge in [-0.05, 0) is 36.4 Å². The second kappa shape index (κ2) is 11.9. The summed E-state index contributed by atoms with van der Waals surface area (Å²) in [5.74, 6) is -0.0938. The lowest BCUT2D eigenvalue weighted by Crippen LogP contribution is -2.54. The van der Waals surface area contributed by atoms with E-state index in [-0.39, 0.29) is 29.5 Å². The molecule has 0 aromatic heterocycles. The van der Waals surface area contributed by atoms with Crippen LogP contribution in [0.3, 0.4) is 0 Å². The molecule has 39 heavy (non-hydrogen) atoms. The van der Waals surface area contributed by atoms with Crippen LogP contribution in [0.5, 0.6) is 5.75 Å². The molecule has 3 aliphatic rings. The molecule has 3 aliphatic heterocycles. The van der Waals surface area contributed by atoms with Gasteiger partial charge in [-0.15, -0.1) is 0 Å². The lowest BCUT2D eigenvalue weighted by Gasteiger charge is -2.39. The number of amides is 2. The van der Waals surface area contributed by atoms with Crippen molar-refractivity contribution < 1.29 is 23.9 Å². The van der Waals surface area contributed by atoms with Crippen LogP contribution in [0.2, 0.25) is 0 Å². The topological polar surface area (TPSA) is 101 Å². The predicted molar refractivity (Wildman–Crippen MR) is 147 cm³/mol. The van der Waals surface area contributed by atoms with Gasteiger partial charge >= 0.3 is 0 Å². The second-order valence-corrected chi connectivity index (χ2v) is 10.2. The molecule has 3 heterocycles. The lowest BCUT2D eigenvalue weighted by molar-refractivity contribution is -0.132. The smallest absolute Gasteiger partial charge is 0.236 e. The van der Waals surface area contributed by atoms with Crippen LogP contribution in [0.15, 0.2) is 47.6 Å². The number of anilines is 2. The van der Waals surface area contributed by atoms with Crippen molar-refractivity contribution in [3.63, 3.8) is 0 Å². The molecule has 1 unspecified atom stereocenters. The molecule has 0 bridgehead atoms. The fraction of sp³-hybridized carbons (Fsp3) is 0.464. The van der Waals surface area contributed by atoms with Gasteiger partial charge in [0.05, 0.1) is 24.5 Å². The minimum atomic E-state index is -0.327. The van der Waals surface area contributed by atoms with Gasteiger partial charge in [0.2, 0.25) is 11.8 Å². The van der Waals surface area contributed by atoms with Crippen molar-refractivity contribution in [1.82, 2.24) is 15.1 Å². The molecule has 208 valence electrons. The van der Waals surface area contributed by atoms with E-state index >= 15 is 4.39 Å². The zero-order valence-corrected chi connectivity index (χ0v) is 22.2. The fourth-order valence-corrected chi connectivity index (χ4v) is 5.22. The van der Waals surface area contributed by atoms with E-state index in [1.807, 2.05) is 28.0 Å². The molecule has 2 saturated heterocycles. The van der Waals surface area contributed by atoms with Crippen molar-refractivity contribution >= 4 is 28.9 Å². The Morgan fingerprint density at radius 1 is 1.00 bits per heavy atom. The van der Waals surface area contributed by atoms with Crippen LogP contribution in [0, 0.1) is 5.82 Å². The number of hydrogen-bond donors (Lipinski definition) is 2. The Hall–Kier alpha value is -3.86. The summed E-state index contributed by atoms with van der Waals surface area (Å²) in [5, 5.41) is 16.3. The molecular weight excluding hydrogens is 503 g/mol. The molecule has 2 aromatic rings. The number of phenolic OH excluding ortho intramolecular Hbond substituents is 1. The number of rotatable bonds is 7. The van der Waals surface area contributed by atoms with Gasteiger partial charge < -0.3 is 30.0 Å². The maximum Gasteiger partial charge on any atom is 0.236 e. The number of piperazine rings is 2. The number of nitrogens with zero attached hydrogens (tertiary/aromatic N) is 5. The zero-order chi connectivity index (χ0) is 27.4. The third-order valence-corrected chi connectivity index (χ3v) is 7.51. The molecule has 2 fully saturated rings. The number of hydrogen-bond acceptors (Lipinski definition) is 8. The van der Waals surface area contributed by atoms with Gasteiger partial charge in [0, 0.05) is 77.0 Å². The van der Waals surface area contributed by atoms with Crippen molar-refractivity contribution in [1.29, 1.82) is 0 Å². The van der Waals surface area contributed by atoms with E-state index in [1.54, 1.807) is 18.2 Å². The quantitative estimate of drug-likeness (QED) is 0.553. The van der Waals surface area contributed by atoms with Crippen LogP contribution in [0.25, 0.3) is 0 Å². The van der Waals surface area contributed by atoms with Crippen LogP contribution in [0.4, 0.5) is 15.8 Å². The van der Waals surface area contributed by atoms with Gasteiger partial charge in [-0.1, -0.05) is 11.2 Å². The molecule has 11 heteroatoms. The number of nitrogens with one attached hydrogen (secondary N) is 1. The third-order valence-electron chi connectivity index (χ3n) is 7.51. The van der Waals surface area contributed by atoms with Crippen LogP contribution in [-0.2, 0) is 14.4 Å². The molecule has 0 saturated carbocycles. The minimum absolute atomic E-state index is 0.108. The van der Waals surface area contributed by atoms with Gasteiger partial charge in [0.25, 0.3) is 0 Å². The number of aromatic hydroxyl groups is 1. The number of carbonyl (C=O) groups is 2. The summed E-state index contributed by atoms with van der Waals surface area (Å²) in [5.41, 5.74) is 2.92. The molecule has 10 nitrogen and oxygen atoms in total. The Morgan fingerprint density at radius 2 is 1.69 bits per heavy atom. The highest BCUT2D eigenvalue weighted by Gasteiger charge is 2.27. The molecular formula is C28H35FN6O4. The van der Waals surface area contributed by atoms with Gasteiger partial charge in [-0.25, -0.2) is 4.39 Å². The van der Waals surface area contributed by atoms with Crippen LogP contribution in [0.1, 0.15) is 18.9 Å². The number of benzene rings is 2. The predicted octanol–water partition coefficient (Wildman–Crippen LogP) is 1.63. The molecule has 5 rings (SSSR count). The number of carbonyl (C=O) groups excluding carboxylic acids is 2. The Labute approximate surface area is 227 Å². The van der Waals surface area contributed by atoms with Gasteiger partial charge in [0.15, 0.2) is 0 Å². The van der Waals surface area contributed by atoms with E-state index in [2.05, 4.69) is 20.3 Å². The largest absolute Gasteiger partial charge is 0.508 e. The summed E-state index contributed by atoms with van der Waals surface area (Å²) in [7, 11) is 0. The average molecular weight is 539 g/mol. The second-order valence-electron chi connectivity index (χ2n) is 10.2. The van der Waals surface area contributed by atoms with Crippen LogP contribution in [-0.4, -0.2) is 104 Å². The van der Waals surface area contributed by atoms with Crippen molar-refractivity contribution in [3.8, 4) is 5.75 Å². The first kappa shape index (κ1) is 26.7. The molecule has 0 aliphatic carbocycles. The van der Waals surface area contributed by atoms with E-state index in [0.29, 0.717) is 62.7 Å². The lowest BCUT2D eigenvalue weighted by atomic mass is 10.0. The third kappa shape index (κ3) is 6.59. The highest BCUT2D eigenvalue weighted by atomic mass is 19.1. The first-order valence-electron chi connectivity index (χ1n) is 13.4. The Bertz CT molecular complexity index is 1210. The van der Waals surface area contributed by atoms with E-state index in [9.17, 15) is 14.7 Å². The number of phenols is 1. The summed E-state index contributed by atoms with van der Waals surface area (Å²) in [6, 6.07) is 12.3. The molecule has 0 spiro atoms. The zero-order valence-electron chi connectivity index (χ0n) is 22.2. The monoisotopic (exact) mass is 538 g/mol. The Kier molecular flexibility index (Phi) is 8.16. The molecule has 2 N–H and O–H groups in total. The van der Waals surface area contributed by atoms with E-state index in [0.717, 1.165) is 31.9 Å². The van der Waals surface area contributed by atoms with Crippen molar-refractivity contribution in [2.24, 2.45) is 5.16 Å². The van der Waals surface area contributed by atoms with Crippen molar-refractivity contribution in [3.05, 3.63) is 53.8 Å². The fourth-order valence-electron chi connectivity index (χ4n) is 5.22. The summed E-state index contributed by atoms with van der Waals surface area (Å²) in [6.07, 6.45) is 0.256. The average Bonchev–Trinajstić information content (AvgIpc) is 3.42. The van der Waals surface area contributed by atoms with Crippen molar-refractivity contribution in [2.45, 2.75) is 19.4 Å². The molecule has 2 amide bonds. The Morgan fingerprint density at radius 3 is 2.36 bits per heavy atom. The standard InChI is InChI=1S/C28H35FN6O4/c1-20(36)30-18-24-17-26(31-39-24)21-2-7-27(25(29)16-21)34-12-14-35(15-13-34)28(38)19-32-8-10-33(11-9-32)22-3-5-23(37)6-4-22/h2-7,16,24,37H,8-15,17-19H2,1H3,(H,30,36). The van der Waals surface area contributed by atoms with Gasteiger partial charge in [0.1, 0.15) is 17.7 Å². The first-order valence-corrected chi connectivity index (χ1v) is 13.4. The summed E-state index contributed by atoms with van der Waals surface area (Å²) in [6.45, 7) is 7.70. The number of oxime groups is 1. The summed E-state index contributed by atoms with van der Waals surface area (Å²) < 4.78 is 15.1. The maximum absolute atomic E-state index is 15.1. The van der Waals surface area contributed by atoms with E-state index in [4.69, 9.17) is 4.84 Å². The van der Waals surface area contributed by atoms with Crippen molar-refractivity contribution in [2.75, 3.05) is 75.2 Å². The normalized spacial score (nSPS) is 20.0. The number of halogens is 1. The SMILES string of the molecule is CC(=O)NCC1CC(c2ccc(N3CCN(C(=O)CN4CCN(c5ccc(O)cc5)CC4)CC3)c(F)c2)=NO1. The van der Waals surface area contributed by atoms with Gasteiger partial charge in [-0.2, -0.15) is 0 Å². The van der Waals surface area contributed by atoms with Crippen LogP contribution < -0.4 is 15.1 Å². The van der Waals surface area contributed by atoms with E-state index in [1.165, 1.54) is 13.0 Å². The Balaban J connectivity index is 1.07. The van der Waals surface area contributed by atoms with E-state index < -0.39 is 0 Å². The minimum Gasteiger partial charge on any atom is -0.508 e. The summed E-state index contributed by atoms with van der Waals surface area (Å²) >= 11 is 0. The maximum atomic E-state index is 15.1. The molecule has 0 radical (unpaired) electrons. The summed E-state index contributed by atoms with van der Waals surface area (Å²) in [4.78, 5) is 37.7. The first-order chi connectivity index (χ1) is 18.9. The molecule has 1 atom stereocenters.